The Morgan fingerprint density at radius 2 is 2.09 bits per heavy atom. The molecule has 2 aliphatic heterocycles. The fraction of sp³-hybridized carbons (Fsp3) is 0.562. The van der Waals surface area contributed by atoms with Crippen LogP contribution < -0.4 is 15.2 Å². The summed E-state index contributed by atoms with van der Waals surface area (Å²) >= 11 is 0. The van der Waals surface area contributed by atoms with Crippen LogP contribution in [0, 0.1) is 6.92 Å². The second kappa shape index (κ2) is 5.78. The molecule has 0 atom stereocenters. The highest BCUT2D eigenvalue weighted by Gasteiger charge is 2.35. The van der Waals surface area contributed by atoms with Crippen LogP contribution in [0.2, 0.25) is 0 Å². The van der Waals surface area contributed by atoms with Crippen molar-refractivity contribution >= 4 is 11.5 Å². The minimum absolute atomic E-state index is 0.124. The number of rotatable bonds is 4. The van der Waals surface area contributed by atoms with E-state index in [9.17, 15) is 4.79 Å². The Hall–Kier alpha value is -1.79. The van der Waals surface area contributed by atoms with Crippen LogP contribution in [-0.2, 0) is 11.4 Å². The van der Waals surface area contributed by atoms with Crippen molar-refractivity contribution in [2.75, 3.05) is 36.7 Å². The molecule has 0 saturated carbocycles. The molecule has 6 heteroatoms. The normalized spacial score (nSPS) is 17.5. The average molecular weight is 304 g/mol. The van der Waals surface area contributed by atoms with Crippen molar-refractivity contribution in [1.82, 2.24) is 9.63 Å². The van der Waals surface area contributed by atoms with Crippen LogP contribution in [0.5, 0.6) is 0 Å². The third-order valence-electron chi connectivity index (χ3n) is 4.30. The zero-order valence-electron chi connectivity index (χ0n) is 13.8. The van der Waals surface area contributed by atoms with Gasteiger partial charge < -0.3 is 19.2 Å². The Balaban J connectivity index is 2.20. The Bertz CT molecular complexity index is 665. The van der Waals surface area contributed by atoms with Crippen LogP contribution in [0.3, 0.4) is 0 Å². The number of nitrogens with zero attached hydrogens (tertiary/aromatic N) is 4. The topological polar surface area (TPSA) is 41.0 Å². The number of anilines is 2. The van der Waals surface area contributed by atoms with E-state index in [2.05, 4.69) is 34.4 Å². The highest BCUT2D eigenvalue weighted by molar-refractivity contribution is 5.76. The van der Waals surface area contributed by atoms with Gasteiger partial charge in [-0.3, -0.25) is 4.79 Å². The summed E-state index contributed by atoms with van der Waals surface area (Å²) in [5.41, 5.74) is 2.89. The quantitative estimate of drug-likeness (QED) is 0.849. The monoisotopic (exact) mass is 304 g/mol. The number of hydroxylamine groups is 2. The molecule has 0 amide bonds. The minimum atomic E-state index is 0.124. The van der Waals surface area contributed by atoms with Gasteiger partial charge in [0.2, 0.25) is 5.43 Å². The van der Waals surface area contributed by atoms with E-state index >= 15 is 0 Å². The predicted molar refractivity (Wildman–Crippen MR) is 87.9 cm³/mol. The molecule has 0 aromatic carbocycles. The van der Waals surface area contributed by atoms with Crippen molar-refractivity contribution in [3.05, 3.63) is 33.9 Å². The second-order valence-electron chi connectivity index (χ2n) is 5.81. The van der Waals surface area contributed by atoms with Gasteiger partial charge in [0.05, 0.1) is 19.4 Å². The van der Waals surface area contributed by atoms with Gasteiger partial charge in [-0.25, -0.2) is 0 Å². The predicted octanol–water partition coefficient (Wildman–Crippen LogP) is 1.89. The number of aromatic nitrogens is 1. The maximum Gasteiger partial charge on any atom is 0.210 e. The number of pyridine rings is 1. The molecule has 1 aromatic heterocycles. The first kappa shape index (κ1) is 15.1. The van der Waals surface area contributed by atoms with E-state index < -0.39 is 0 Å². The lowest BCUT2D eigenvalue weighted by molar-refractivity contribution is -0.109. The third kappa shape index (κ3) is 2.23. The molecule has 1 saturated heterocycles. The van der Waals surface area contributed by atoms with Crippen molar-refractivity contribution in [3.8, 4) is 0 Å². The summed E-state index contributed by atoms with van der Waals surface area (Å²) in [5, 5.41) is 1.90. The zero-order valence-corrected chi connectivity index (χ0v) is 13.8. The van der Waals surface area contributed by atoms with Gasteiger partial charge in [-0.2, -0.15) is 5.06 Å². The first-order valence-corrected chi connectivity index (χ1v) is 7.88. The largest absolute Gasteiger partial charge is 0.340 e. The molecule has 0 aliphatic carbocycles. The van der Waals surface area contributed by atoms with Crippen LogP contribution in [0.1, 0.15) is 25.8 Å². The van der Waals surface area contributed by atoms with E-state index in [4.69, 9.17) is 4.84 Å². The molecule has 1 aromatic rings. The van der Waals surface area contributed by atoms with Crippen molar-refractivity contribution in [1.29, 1.82) is 0 Å². The molecular formula is C16H24N4O2. The number of fused-ring (bicyclic) bond motifs is 3. The van der Waals surface area contributed by atoms with Crippen LogP contribution in [-0.4, -0.2) is 36.5 Å². The van der Waals surface area contributed by atoms with Gasteiger partial charge >= 0.3 is 0 Å². The maximum atomic E-state index is 12.8. The molecule has 120 valence electrons. The summed E-state index contributed by atoms with van der Waals surface area (Å²) in [7, 11) is 1.69. The van der Waals surface area contributed by atoms with Gasteiger partial charge in [-0.1, -0.05) is 6.92 Å². The smallest absolute Gasteiger partial charge is 0.210 e. The summed E-state index contributed by atoms with van der Waals surface area (Å²) in [6.07, 6.45) is 5.06. The lowest BCUT2D eigenvalue weighted by atomic mass is 10.1. The molecule has 3 rings (SSSR count). The first-order valence-electron chi connectivity index (χ1n) is 7.88. The molecule has 2 aliphatic rings. The van der Waals surface area contributed by atoms with E-state index in [1.165, 1.54) is 5.70 Å². The number of aryl methyl sites for hydroxylation is 2. The lowest BCUT2D eigenvalue weighted by Crippen LogP contribution is -2.37. The second-order valence-corrected chi connectivity index (χ2v) is 5.81. The lowest BCUT2D eigenvalue weighted by Gasteiger charge is -2.35. The highest BCUT2D eigenvalue weighted by Crippen LogP contribution is 2.37. The van der Waals surface area contributed by atoms with Gasteiger partial charge in [0.15, 0.2) is 0 Å². The fourth-order valence-electron chi connectivity index (χ4n) is 3.22. The molecule has 22 heavy (non-hydrogen) atoms. The fourth-order valence-corrected chi connectivity index (χ4v) is 3.22. The van der Waals surface area contributed by atoms with Crippen LogP contribution in [0.15, 0.2) is 22.9 Å². The Morgan fingerprint density at radius 1 is 1.32 bits per heavy atom. The molecule has 6 nitrogen and oxygen atoms in total. The number of hydrogen-bond donors (Lipinski definition) is 0. The van der Waals surface area contributed by atoms with E-state index in [1.807, 2.05) is 18.2 Å². The Kier molecular flexibility index (Phi) is 3.97. The van der Waals surface area contributed by atoms with Crippen molar-refractivity contribution in [2.45, 2.75) is 33.7 Å². The molecule has 0 spiro atoms. The average Bonchev–Trinajstić information content (AvgIpc) is 2.93. The molecule has 0 N–H and O–H groups in total. The number of hydrogen-bond acceptors (Lipinski definition) is 5. The van der Waals surface area contributed by atoms with E-state index in [1.54, 1.807) is 7.11 Å². The molecule has 0 radical (unpaired) electrons. The molecule has 0 bridgehead atoms. The summed E-state index contributed by atoms with van der Waals surface area (Å²) < 4.78 is 2.17. The molecule has 3 heterocycles. The summed E-state index contributed by atoms with van der Waals surface area (Å²) in [4.78, 5) is 22.4. The van der Waals surface area contributed by atoms with Gasteiger partial charge in [-0.15, -0.1) is 0 Å². The van der Waals surface area contributed by atoms with E-state index in [0.29, 0.717) is 6.67 Å². The van der Waals surface area contributed by atoms with Crippen molar-refractivity contribution in [2.24, 2.45) is 0 Å². The van der Waals surface area contributed by atoms with E-state index in [0.717, 1.165) is 43.1 Å². The molecular weight excluding hydrogens is 280 g/mol. The summed E-state index contributed by atoms with van der Waals surface area (Å²) in [6.45, 7) is 9.20. The van der Waals surface area contributed by atoms with Crippen LogP contribution in [0.25, 0.3) is 0 Å². The third-order valence-corrected chi connectivity index (χ3v) is 4.30. The maximum absolute atomic E-state index is 12.8. The van der Waals surface area contributed by atoms with Gasteiger partial charge in [0.25, 0.3) is 0 Å². The first-order chi connectivity index (χ1) is 10.6. The van der Waals surface area contributed by atoms with E-state index in [-0.39, 0.29) is 5.43 Å². The zero-order chi connectivity index (χ0) is 15.9. The standard InChI is InChI=1S/C16H24N4O2/c1-5-7-18-9-13-10-19(22-4)11-20(13)16-14(18)15(21)12(3)8-17(16)6-2/h8-9H,5-7,10-11H2,1-4H3. The SMILES string of the molecule is CCCN1C=C2CN(OC)CN2c2c1c(=O)c(C)cn2CC. The van der Waals surface area contributed by atoms with Crippen LogP contribution in [0.4, 0.5) is 11.5 Å². The van der Waals surface area contributed by atoms with Gasteiger partial charge in [0.1, 0.15) is 18.2 Å². The van der Waals surface area contributed by atoms with Crippen molar-refractivity contribution < 1.29 is 4.84 Å². The Labute approximate surface area is 131 Å². The minimum Gasteiger partial charge on any atom is -0.340 e. The van der Waals surface area contributed by atoms with Crippen LogP contribution >= 0.6 is 0 Å². The van der Waals surface area contributed by atoms with Gasteiger partial charge in [0, 0.05) is 31.0 Å². The van der Waals surface area contributed by atoms with Gasteiger partial charge in [-0.05, 0) is 20.3 Å². The van der Waals surface area contributed by atoms with Crippen molar-refractivity contribution in [3.63, 3.8) is 0 Å². The molecule has 1 fully saturated rings. The highest BCUT2D eigenvalue weighted by atomic mass is 16.7. The summed E-state index contributed by atoms with van der Waals surface area (Å²) in [6, 6.07) is 0. The Morgan fingerprint density at radius 3 is 2.73 bits per heavy atom. The summed E-state index contributed by atoms with van der Waals surface area (Å²) in [5.74, 6) is 0.989. The molecule has 0 unspecified atom stereocenters.